The van der Waals surface area contributed by atoms with Gasteiger partial charge in [0.1, 0.15) is 0 Å². The number of thioether (sulfide) groups is 1. The number of aromatic nitrogens is 1. The zero-order valence-electron chi connectivity index (χ0n) is 13.3. The van der Waals surface area contributed by atoms with E-state index in [0.717, 1.165) is 0 Å². The normalized spacial score (nSPS) is 17.5. The number of aliphatic imine (C=N–C) groups is 1. The van der Waals surface area contributed by atoms with Gasteiger partial charge in [0.2, 0.25) is 0 Å². The molecule has 1 amide bonds. The average Bonchev–Trinajstić information content (AvgIpc) is 2.90. The van der Waals surface area contributed by atoms with E-state index in [9.17, 15) is 14.9 Å². The van der Waals surface area contributed by atoms with Gasteiger partial charge in [0.05, 0.1) is 15.4 Å². The van der Waals surface area contributed by atoms with Gasteiger partial charge in [0, 0.05) is 18.8 Å². The van der Waals surface area contributed by atoms with Crippen LogP contribution in [0.25, 0.3) is 6.08 Å². The zero-order valence-corrected chi connectivity index (χ0v) is 14.1. The number of hydrogen-bond acceptors (Lipinski definition) is 6. The smallest absolute Gasteiger partial charge is 0.276 e. The van der Waals surface area contributed by atoms with Crippen LogP contribution in [0.1, 0.15) is 12.5 Å². The minimum atomic E-state index is -0.461. The van der Waals surface area contributed by atoms with Crippen molar-refractivity contribution in [3.8, 4) is 0 Å². The van der Waals surface area contributed by atoms with Gasteiger partial charge in [-0.2, -0.15) is 0 Å². The minimum absolute atomic E-state index is 0.0402. The van der Waals surface area contributed by atoms with Gasteiger partial charge in [-0.05, 0) is 43.0 Å². The molecule has 1 saturated heterocycles. The number of amides is 1. The second-order valence-electron chi connectivity index (χ2n) is 5.06. The Morgan fingerprint density at radius 3 is 2.72 bits per heavy atom. The summed E-state index contributed by atoms with van der Waals surface area (Å²) in [5, 5.41) is 11.7. The molecular formula is C17H14N4O3S. The molecule has 0 aliphatic carbocycles. The zero-order chi connectivity index (χ0) is 17.8. The van der Waals surface area contributed by atoms with Crippen molar-refractivity contribution in [2.24, 2.45) is 4.99 Å². The van der Waals surface area contributed by atoms with E-state index in [-0.39, 0.29) is 11.6 Å². The van der Waals surface area contributed by atoms with E-state index in [1.54, 1.807) is 36.5 Å². The Morgan fingerprint density at radius 2 is 2.04 bits per heavy atom. The van der Waals surface area contributed by atoms with Gasteiger partial charge in [0.25, 0.3) is 11.6 Å². The topological polar surface area (TPSA) is 88.7 Å². The van der Waals surface area contributed by atoms with Crippen LogP contribution in [-0.2, 0) is 4.79 Å². The van der Waals surface area contributed by atoms with Crippen LogP contribution in [0.4, 0.5) is 11.5 Å². The third kappa shape index (κ3) is 3.58. The van der Waals surface area contributed by atoms with Crippen LogP contribution >= 0.6 is 11.8 Å². The molecule has 126 valence electrons. The molecule has 1 fully saturated rings. The number of nitro benzene ring substituents is 1. The van der Waals surface area contributed by atoms with E-state index in [0.29, 0.717) is 28.0 Å². The predicted molar refractivity (Wildman–Crippen MR) is 97.4 cm³/mol. The lowest BCUT2D eigenvalue weighted by atomic mass is 10.1. The fourth-order valence-corrected chi connectivity index (χ4v) is 3.35. The van der Waals surface area contributed by atoms with Gasteiger partial charge in [-0.1, -0.05) is 18.2 Å². The van der Waals surface area contributed by atoms with Crippen molar-refractivity contribution in [3.63, 3.8) is 0 Å². The lowest BCUT2D eigenvalue weighted by Gasteiger charge is -2.11. The molecule has 0 unspecified atom stereocenters. The van der Waals surface area contributed by atoms with E-state index in [2.05, 4.69) is 9.98 Å². The molecule has 2 aromatic rings. The highest BCUT2D eigenvalue weighted by atomic mass is 32.2. The summed E-state index contributed by atoms with van der Waals surface area (Å²) in [4.78, 5) is 33.7. The maximum atomic E-state index is 12.6. The maximum absolute atomic E-state index is 12.6. The van der Waals surface area contributed by atoms with Gasteiger partial charge < -0.3 is 0 Å². The number of rotatable bonds is 4. The molecule has 0 bridgehead atoms. The molecular weight excluding hydrogens is 340 g/mol. The lowest BCUT2D eigenvalue weighted by molar-refractivity contribution is -0.385. The fourth-order valence-electron chi connectivity index (χ4n) is 2.31. The Bertz CT molecular complexity index is 880. The number of likely N-dealkylation sites (N-methyl/N-ethyl adjacent to an activating group) is 1. The van der Waals surface area contributed by atoms with Crippen LogP contribution < -0.4 is 0 Å². The van der Waals surface area contributed by atoms with Crippen molar-refractivity contribution >= 4 is 40.4 Å². The van der Waals surface area contributed by atoms with Gasteiger partial charge >= 0.3 is 0 Å². The quantitative estimate of drug-likeness (QED) is 0.475. The van der Waals surface area contributed by atoms with Gasteiger partial charge in [-0.15, -0.1) is 0 Å². The molecule has 0 saturated carbocycles. The van der Waals surface area contributed by atoms with Crippen molar-refractivity contribution < 1.29 is 9.72 Å². The lowest BCUT2D eigenvalue weighted by Crippen LogP contribution is -2.28. The second-order valence-corrected chi connectivity index (χ2v) is 6.07. The summed E-state index contributed by atoms with van der Waals surface area (Å²) >= 11 is 1.19. The van der Waals surface area contributed by atoms with Crippen LogP contribution in [0.15, 0.2) is 58.6 Å². The molecule has 0 radical (unpaired) electrons. The molecule has 0 spiro atoms. The van der Waals surface area contributed by atoms with Gasteiger partial charge in [-0.3, -0.25) is 19.8 Å². The summed E-state index contributed by atoms with van der Waals surface area (Å²) in [6.45, 7) is 2.30. The minimum Gasteiger partial charge on any atom is -0.287 e. The maximum Gasteiger partial charge on any atom is 0.276 e. The third-order valence-corrected chi connectivity index (χ3v) is 4.49. The van der Waals surface area contributed by atoms with Crippen LogP contribution in [0.5, 0.6) is 0 Å². The summed E-state index contributed by atoms with van der Waals surface area (Å²) in [6.07, 6.45) is 3.16. The van der Waals surface area contributed by atoms with E-state index >= 15 is 0 Å². The Morgan fingerprint density at radius 1 is 1.28 bits per heavy atom. The number of para-hydroxylation sites is 1. The van der Waals surface area contributed by atoms with E-state index in [1.165, 1.54) is 28.8 Å². The van der Waals surface area contributed by atoms with Crippen LogP contribution in [0.3, 0.4) is 0 Å². The average molecular weight is 354 g/mol. The van der Waals surface area contributed by atoms with Crippen LogP contribution in [-0.4, -0.2) is 32.4 Å². The first kappa shape index (κ1) is 16.8. The number of hydrogen-bond donors (Lipinski definition) is 0. The SMILES string of the molecule is CCN1C(=O)/C(=C/c2ccccc2[N+](=O)[O-])S/C1=N/c1ccccn1. The number of carbonyl (C=O) groups excluding carboxylic acids is 1. The molecule has 0 N–H and O–H groups in total. The summed E-state index contributed by atoms with van der Waals surface area (Å²) in [5.41, 5.74) is 0.347. The molecule has 0 atom stereocenters. The number of pyridine rings is 1. The number of amidine groups is 1. The Hall–Kier alpha value is -3.00. The molecule has 1 aliphatic heterocycles. The number of benzene rings is 1. The third-order valence-electron chi connectivity index (χ3n) is 3.48. The van der Waals surface area contributed by atoms with E-state index in [1.807, 2.05) is 13.0 Å². The van der Waals surface area contributed by atoms with E-state index in [4.69, 9.17) is 0 Å². The number of carbonyl (C=O) groups is 1. The van der Waals surface area contributed by atoms with Gasteiger partial charge in [0.15, 0.2) is 11.0 Å². The first-order chi connectivity index (χ1) is 12.1. The van der Waals surface area contributed by atoms with Crippen molar-refractivity contribution in [2.75, 3.05) is 6.54 Å². The highest BCUT2D eigenvalue weighted by molar-refractivity contribution is 8.18. The number of nitro groups is 1. The van der Waals surface area contributed by atoms with Crippen molar-refractivity contribution in [1.82, 2.24) is 9.88 Å². The molecule has 2 heterocycles. The first-order valence-electron chi connectivity index (χ1n) is 7.54. The van der Waals surface area contributed by atoms with Crippen LogP contribution in [0, 0.1) is 10.1 Å². The molecule has 1 aliphatic rings. The summed E-state index contributed by atoms with van der Waals surface area (Å²) in [6, 6.07) is 11.7. The van der Waals surface area contributed by atoms with Gasteiger partial charge in [-0.25, -0.2) is 9.98 Å². The highest BCUT2D eigenvalue weighted by Gasteiger charge is 2.32. The molecule has 1 aromatic carbocycles. The molecule has 7 nitrogen and oxygen atoms in total. The molecule has 3 rings (SSSR count). The Kier molecular flexibility index (Phi) is 4.90. The monoisotopic (exact) mass is 354 g/mol. The van der Waals surface area contributed by atoms with Crippen LogP contribution in [0.2, 0.25) is 0 Å². The number of nitrogens with zero attached hydrogens (tertiary/aromatic N) is 4. The predicted octanol–water partition coefficient (Wildman–Crippen LogP) is 3.61. The highest BCUT2D eigenvalue weighted by Crippen LogP contribution is 2.34. The van der Waals surface area contributed by atoms with Crippen molar-refractivity contribution in [2.45, 2.75) is 6.92 Å². The Balaban J connectivity index is 1.98. The fraction of sp³-hybridized carbons (Fsp3) is 0.118. The first-order valence-corrected chi connectivity index (χ1v) is 8.36. The summed E-state index contributed by atoms with van der Waals surface area (Å²) in [7, 11) is 0. The summed E-state index contributed by atoms with van der Waals surface area (Å²) < 4.78 is 0. The molecule has 8 heteroatoms. The summed E-state index contributed by atoms with van der Waals surface area (Å²) in [5.74, 6) is 0.281. The molecule has 25 heavy (non-hydrogen) atoms. The van der Waals surface area contributed by atoms with Crippen molar-refractivity contribution in [1.29, 1.82) is 0 Å². The standard InChI is InChI=1S/C17H14N4O3S/c1-2-20-16(22)14(11-12-7-3-4-8-13(12)21(23)24)25-17(20)19-15-9-5-6-10-18-15/h3-11H,2H2,1H3/b14-11-,19-17+. The molecule has 1 aromatic heterocycles. The largest absolute Gasteiger partial charge is 0.287 e. The van der Waals surface area contributed by atoms with E-state index < -0.39 is 4.92 Å². The Labute approximate surface area is 148 Å². The second kappa shape index (κ2) is 7.27. The van der Waals surface area contributed by atoms with Crippen molar-refractivity contribution in [3.05, 3.63) is 69.2 Å².